The van der Waals surface area contributed by atoms with E-state index in [-0.39, 0.29) is 5.91 Å². The summed E-state index contributed by atoms with van der Waals surface area (Å²) in [5.74, 6) is -0.334. The molecule has 0 spiro atoms. The lowest BCUT2D eigenvalue weighted by Crippen LogP contribution is -2.17. The van der Waals surface area contributed by atoms with Crippen molar-refractivity contribution in [3.05, 3.63) is 70.2 Å². The molecule has 0 bridgehead atoms. The number of halogens is 1. The lowest BCUT2D eigenvalue weighted by Gasteiger charge is -1.99. The summed E-state index contributed by atoms with van der Waals surface area (Å²) >= 11 is 5.76. The highest BCUT2D eigenvalue weighted by Crippen LogP contribution is 2.07. The van der Waals surface area contributed by atoms with Crippen LogP contribution >= 0.6 is 11.6 Å². The molecule has 0 saturated carbocycles. The van der Waals surface area contributed by atoms with Crippen LogP contribution in [0.3, 0.4) is 0 Å². The Morgan fingerprint density at radius 1 is 1.15 bits per heavy atom. The molecule has 2 rings (SSSR count). The van der Waals surface area contributed by atoms with E-state index in [1.807, 2.05) is 6.07 Å². The van der Waals surface area contributed by atoms with Crippen molar-refractivity contribution < 1.29 is 4.79 Å². The number of hydrogen-bond donors (Lipinski definition) is 1. The Hall–Kier alpha value is -2.64. The molecule has 2 aromatic carbocycles. The average Bonchev–Trinajstić information content (AvgIpc) is 2.49. The number of amides is 1. The molecule has 1 N–H and O–H groups in total. The number of hydrazone groups is 1. The highest BCUT2D eigenvalue weighted by molar-refractivity contribution is 6.30. The summed E-state index contributed by atoms with van der Waals surface area (Å²) < 4.78 is 0. The van der Waals surface area contributed by atoms with Crippen molar-refractivity contribution in [3.8, 4) is 6.07 Å². The predicted octanol–water partition coefficient (Wildman–Crippen LogP) is 2.98. The zero-order valence-electron chi connectivity index (χ0n) is 10.4. The molecular formula is C15H10ClN3O. The van der Waals surface area contributed by atoms with Gasteiger partial charge in [-0.3, -0.25) is 4.79 Å². The van der Waals surface area contributed by atoms with Gasteiger partial charge in [0.2, 0.25) is 0 Å². The van der Waals surface area contributed by atoms with Gasteiger partial charge in [-0.05, 0) is 42.0 Å². The first-order chi connectivity index (χ1) is 9.69. The van der Waals surface area contributed by atoms with Gasteiger partial charge in [-0.25, -0.2) is 5.43 Å². The first kappa shape index (κ1) is 13.8. The van der Waals surface area contributed by atoms with E-state index in [0.717, 1.165) is 5.56 Å². The van der Waals surface area contributed by atoms with E-state index in [1.165, 1.54) is 6.21 Å². The zero-order chi connectivity index (χ0) is 14.4. The number of carbonyl (C=O) groups is 1. The van der Waals surface area contributed by atoms with Crippen LogP contribution in [-0.2, 0) is 0 Å². The number of nitrogens with one attached hydrogen (secondary N) is 1. The Labute approximate surface area is 121 Å². The minimum atomic E-state index is -0.334. The SMILES string of the molecule is N#Cc1ccc(C(=O)N/N=C\c2ccc(Cl)cc2)cc1. The van der Waals surface area contributed by atoms with Crippen LogP contribution in [0.5, 0.6) is 0 Å². The fraction of sp³-hybridized carbons (Fsp3) is 0. The zero-order valence-corrected chi connectivity index (χ0v) is 11.1. The third kappa shape index (κ3) is 3.67. The summed E-state index contributed by atoms with van der Waals surface area (Å²) in [5.41, 5.74) is 4.19. The van der Waals surface area contributed by atoms with Crippen LogP contribution < -0.4 is 5.43 Å². The minimum Gasteiger partial charge on any atom is -0.267 e. The molecule has 0 atom stereocenters. The molecule has 20 heavy (non-hydrogen) atoms. The molecule has 0 fully saturated rings. The van der Waals surface area contributed by atoms with Gasteiger partial charge in [-0.1, -0.05) is 23.7 Å². The van der Waals surface area contributed by atoms with Crippen molar-refractivity contribution in [2.45, 2.75) is 0 Å². The van der Waals surface area contributed by atoms with Crippen LogP contribution in [-0.4, -0.2) is 12.1 Å². The monoisotopic (exact) mass is 283 g/mol. The number of benzene rings is 2. The Balaban J connectivity index is 1.97. The Morgan fingerprint density at radius 2 is 1.80 bits per heavy atom. The van der Waals surface area contributed by atoms with Gasteiger partial charge in [-0.15, -0.1) is 0 Å². The second-order valence-electron chi connectivity index (χ2n) is 3.94. The third-order valence-corrected chi connectivity index (χ3v) is 2.78. The molecule has 98 valence electrons. The highest BCUT2D eigenvalue weighted by atomic mass is 35.5. The van der Waals surface area contributed by atoms with Gasteiger partial charge in [0.05, 0.1) is 17.8 Å². The number of hydrogen-bond acceptors (Lipinski definition) is 3. The fourth-order valence-electron chi connectivity index (χ4n) is 1.47. The minimum absolute atomic E-state index is 0.334. The van der Waals surface area contributed by atoms with Gasteiger partial charge in [0.15, 0.2) is 0 Å². The summed E-state index contributed by atoms with van der Waals surface area (Å²) in [6, 6.07) is 15.4. The summed E-state index contributed by atoms with van der Waals surface area (Å²) in [4.78, 5) is 11.8. The first-order valence-corrected chi connectivity index (χ1v) is 6.16. The van der Waals surface area contributed by atoms with Crippen LogP contribution in [0.25, 0.3) is 0 Å². The second-order valence-corrected chi connectivity index (χ2v) is 4.38. The van der Waals surface area contributed by atoms with Gasteiger partial charge in [-0.2, -0.15) is 10.4 Å². The number of carbonyl (C=O) groups excluding carboxylic acids is 1. The largest absolute Gasteiger partial charge is 0.271 e. The standard InChI is InChI=1S/C15H10ClN3O/c16-14-7-3-12(4-8-14)10-18-19-15(20)13-5-1-11(9-17)2-6-13/h1-8,10H,(H,19,20)/b18-10-. The van der Waals surface area contributed by atoms with Crippen molar-refractivity contribution in [3.63, 3.8) is 0 Å². The van der Waals surface area contributed by atoms with Crippen LogP contribution in [0, 0.1) is 11.3 Å². The van der Waals surface area contributed by atoms with Gasteiger partial charge in [0.1, 0.15) is 0 Å². The van der Waals surface area contributed by atoms with Gasteiger partial charge in [0, 0.05) is 10.6 Å². The molecule has 1 amide bonds. The van der Waals surface area contributed by atoms with Gasteiger partial charge in [0.25, 0.3) is 5.91 Å². The third-order valence-electron chi connectivity index (χ3n) is 2.53. The Kier molecular flexibility index (Phi) is 4.48. The van der Waals surface area contributed by atoms with E-state index in [0.29, 0.717) is 16.1 Å². The molecular weight excluding hydrogens is 274 g/mol. The van der Waals surface area contributed by atoms with Crippen molar-refractivity contribution >= 4 is 23.7 Å². The summed E-state index contributed by atoms with van der Waals surface area (Å²) in [7, 11) is 0. The number of nitrogens with zero attached hydrogens (tertiary/aromatic N) is 2. The molecule has 0 aromatic heterocycles. The average molecular weight is 284 g/mol. The Morgan fingerprint density at radius 3 is 2.40 bits per heavy atom. The van der Waals surface area contributed by atoms with E-state index < -0.39 is 0 Å². The second kappa shape index (κ2) is 6.50. The molecule has 0 aliphatic rings. The molecule has 0 aliphatic carbocycles. The fourth-order valence-corrected chi connectivity index (χ4v) is 1.60. The molecule has 0 radical (unpaired) electrons. The van der Waals surface area contributed by atoms with E-state index in [9.17, 15) is 4.79 Å². The van der Waals surface area contributed by atoms with E-state index >= 15 is 0 Å². The number of rotatable bonds is 3. The topological polar surface area (TPSA) is 65.2 Å². The maximum atomic E-state index is 11.8. The van der Waals surface area contributed by atoms with Crippen molar-refractivity contribution in [2.75, 3.05) is 0 Å². The van der Waals surface area contributed by atoms with E-state index in [1.54, 1.807) is 48.5 Å². The van der Waals surface area contributed by atoms with Crippen LogP contribution in [0.1, 0.15) is 21.5 Å². The highest BCUT2D eigenvalue weighted by Gasteiger charge is 2.03. The van der Waals surface area contributed by atoms with Gasteiger partial charge < -0.3 is 0 Å². The molecule has 4 nitrogen and oxygen atoms in total. The number of nitriles is 1. The molecule has 0 saturated heterocycles. The van der Waals surface area contributed by atoms with Crippen molar-refractivity contribution in [1.29, 1.82) is 5.26 Å². The molecule has 0 unspecified atom stereocenters. The molecule has 0 heterocycles. The maximum absolute atomic E-state index is 11.8. The maximum Gasteiger partial charge on any atom is 0.271 e. The van der Waals surface area contributed by atoms with E-state index in [2.05, 4.69) is 10.5 Å². The molecule has 0 aliphatic heterocycles. The lowest BCUT2D eigenvalue weighted by molar-refractivity contribution is 0.0955. The predicted molar refractivity (Wildman–Crippen MR) is 77.7 cm³/mol. The smallest absolute Gasteiger partial charge is 0.267 e. The first-order valence-electron chi connectivity index (χ1n) is 5.78. The molecule has 2 aromatic rings. The van der Waals surface area contributed by atoms with Gasteiger partial charge >= 0.3 is 0 Å². The lowest BCUT2D eigenvalue weighted by atomic mass is 10.1. The molecule has 5 heteroatoms. The quantitative estimate of drug-likeness (QED) is 0.695. The summed E-state index contributed by atoms with van der Waals surface area (Å²) in [6.07, 6.45) is 1.53. The normalized spacial score (nSPS) is 10.2. The summed E-state index contributed by atoms with van der Waals surface area (Å²) in [5, 5.41) is 13.2. The van der Waals surface area contributed by atoms with Crippen molar-refractivity contribution in [1.82, 2.24) is 5.43 Å². The van der Waals surface area contributed by atoms with E-state index in [4.69, 9.17) is 16.9 Å². The van der Waals surface area contributed by atoms with Crippen LogP contribution in [0.15, 0.2) is 53.6 Å². The van der Waals surface area contributed by atoms with Crippen LogP contribution in [0.2, 0.25) is 5.02 Å². The summed E-state index contributed by atoms with van der Waals surface area (Å²) in [6.45, 7) is 0. The van der Waals surface area contributed by atoms with Crippen LogP contribution in [0.4, 0.5) is 0 Å². The van der Waals surface area contributed by atoms with Crippen molar-refractivity contribution in [2.24, 2.45) is 5.10 Å². The Bertz CT molecular complexity index is 670.